The summed E-state index contributed by atoms with van der Waals surface area (Å²) < 4.78 is 2.02. The highest BCUT2D eigenvalue weighted by atomic mass is 16.2. The van der Waals surface area contributed by atoms with Crippen LogP contribution in [0.2, 0.25) is 0 Å². The van der Waals surface area contributed by atoms with Gasteiger partial charge in [-0.25, -0.2) is 0 Å². The van der Waals surface area contributed by atoms with Gasteiger partial charge in [-0.1, -0.05) is 44.2 Å². The predicted molar refractivity (Wildman–Crippen MR) is 110 cm³/mol. The lowest BCUT2D eigenvalue weighted by Crippen LogP contribution is -2.41. The fraction of sp³-hybridized carbons (Fsp3) is 0.522. The minimum absolute atomic E-state index is 0.0173. The molecule has 1 amide bonds. The van der Waals surface area contributed by atoms with Crippen LogP contribution in [-0.2, 0) is 17.8 Å². The first-order chi connectivity index (χ1) is 13.4. The zero-order valence-corrected chi connectivity index (χ0v) is 17.4. The zero-order valence-electron chi connectivity index (χ0n) is 17.4. The van der Waals surface area contributed by atoms with Gasteiger partial charge in [0.15, 0.2) is 5.78 Å². The van der Waals surface area contributed by atoms with E-state index in [1.54, 1.807) is 0 Å². The number of carbonyl (C=O) groups is 2. The summed E-state index contributed by atoms with van der Waals surface area (Å²) in [4.78, 5) is 27.4. The van der Waals surface area contributed by atoms with Crippen molar-refractivity contribution in [2.45, 2.75) is 53.5 Å². The molecule has 5 nitrogen and oxygen atoms in total. The van der Waals surface area contributed by atoms with Gasteiger partial charge in [0.1, 0.15) is 0 Å². The summed E-state index contributed by atoms with van der Waals surface area (Å²) in [7, 11) is 0. The molecule has 1 aliphatic heterocycles. The number of rotatable bonds is 6. The molecule has 0 bridgehead atoms. The molecule has 0 unspecified atom stereocenters. The Balaban J connectivity index is 1.59. The number of ketones is 1. The number of likely N-dealkylation sites (tertiary alicyclic amines) is 1. The second kappa shape index (κ2) is 8.72. The maximum atomic E-state index is 12.9. The summed E-state index contributed by atoms with van der Waals surface area (Å²) in [6, 6.07) is 9.47. The quantitative estimate of drug-likeness (QED) is 0.715. The monoisotopic (exact) mass is 381 g/mol. The van der Waals surface area contributed by atoms with Crippen LogP contribution in [0.5, 0.6) is 0 Å². The highest BCUT2D eigenvalue weighted by Gasteiger charge is 2.28. The van der Waals surface area contributed by atoms with Crippen LogP contribution in [0.25, 0.3) is 0 Å². The Bertz CT molecular complexity index is 831. The molecule has 0 saturated carbocycles. The number of aromatic nitrogens is 2. The molecule has 0 radical (unpaired) electrons. The molecule has 1 fully saturated rings. The highest BCUT2D eigenvalue weighted by molar-refractivity contribution is 5.98. The van der Waals surface area contributed by atoms with E-state index in [0.29, 0.717) is 25.4 Å². The number of piperidine rings is 1. The maximum Gasteiger partial charge on any atom is 0.227 e. The number of benzene rings is 1. The van der Waals surface area contributed by atoms with Crippen LogP contribution >= 0.6 is 0 Å². The molecule has 0 atom stereocenters. The molecular weight excluding hydrogens is 350 g/mol. The largest absolute Gasteiger partial charge is 0.342 e. The number of carbonyl (C=O) groups excluding carboxylic acids is 2. The third kappa shape index (κ3) is 4.51. The molecule has 1 aromatic carbocycles. The van der Waals surface area contributed by atoms with Gasteiger partial charge < -0.3 is 4.90 Å². The van der Waals surface area contributed by atoms with Gasteiger partial charge in [0.25, 0.3) is 0 Å². The highest BCUT2D eigenvalue weighted by Crippen LogP contribution is 2.23. The average molecular weight is 382 g/mol. The van der Waals surface area contributed by atoms with Crippen LogP contribution in [0.15, 0.2) is 30.3 Å². The maximum absolute atomic E-state index is 12.9. The molecular formula is C23H31N3O2. The van der Waals surface area contributed by atoms with E-state index in [4.69, 9.17) is 0 Å². The molecule has 0 N–H and O–H groups in total. The second-order valence-electron chi connectivity index (χ2n) is 8.29. The van der Waals surface area contributed by atoms with Crippen LogP contribution < -0.4 is 0 Å². The molecule has 0 aliphatic carbocycles. The molecule has 5 heteroatoms. The number of Topliss-reactive ketones (excluding diaryl/α,β-unsaturated/α-hetero) is 1. The van der Waals surface area contributed by atoms with Crippen molar-refractivity contribution in [1.29, 1.82) is 0 Å². The molecule has 1 aromatic heterocycles. The third-order valence-corrected chi connectivity index (χ3v) is 5.67. The Hall–Kier alpha value is -2.43. The van der Waals surface area contributed by atoms with Crippen LogP contribution in [0.1, 0.15) is 54.0 Å². The molecule has 0 spiro atoms. The molecule has 28 heavy (non-hydrogen) atoms. The number of hydrogen-bond donors (Lipinski definition) is 0. The molecule has 150 valence electrons. The van der Waals surface area contributed by atoms with Gasteiger partial charge in [0, 0.05) is 42.4 Å². The van der Waals surface area contributed by atoms with Crippen molar-refractivity contribution in [2.24, 2.45) is 11.8 Å². The second-order valence-corrected chi connectivity index (χ2v) is 8.29. The van der Waals surface area contributed by atoms with Crippen LogP contribution in [-0.4, -0.2) is 39.5 Å². The molecule has 3 rings (SSSR count). The van der Waals surface area contributed by atoms with Crippen molar-refractivity contribution in [2.75, 3.05) is 13.1 Å². The lowest BCUT2D eigenvalue weighted by Gasteiger charge is -2.31. The number of hydrogen-bond acceptors (Lipinski definition) is 3. The summed E-state index contributed by atoms with van der Waals surface area (Å²) in [6.07, 6.45) is 1.88. The normalized spacial score (nSPS) is 15.2. The lowest BCUT2D eigenvalue weighted by atomic mass is 9.88. The van der Waals surface area contributed by atoms with Crippen LogP contribution in [0, 0.1) is 25.7 Å². The number of amides is 1. The lowest BCUT2D eigenvalue weighted by molar-refractivity contribution is -0.131. The van der Waals surface area contributed by atoms with E-state index >= 15 is 0 Å². The Morgan fingerprint density at radius 3 is 2.36 bits per heavy atom. The summed E-state index contributed by atoms with van der Waals surface area (Å²) in [6.45, 7) is 10.5. The molecule has 1 aliphatic rings. The Morgan fingerprint density at radius 2 is 1.75 bits per heavy atom. The number of aryl methyl sites for hydroxylation is 1. The fourth-order valence-electron chi connectivity index (χ4n) is 4.01. The van der Waals surface area contributed by atoms with E-state index in [2.05, 4.69) is 25.9 Å². The first kappa shape index (κ1) is 20.3. The van der Waals surface area contributed by atoms with Crippen molar-refractivity contribution >= 4 is 11.7 Å². The van der Waals surface area contributed by atoms with E-state index < -0.39 is 0 Å². The van der Waals surface area contributed by atoms with Crippen molar-refractivity contribution in [1.82, 2.24) is 14.7 Å². The van der Waals surface area contributed by atoms with Gasteiger partial charge in [0.2, 0.25) is 5.91 Å². The van der Waals surface area contributed by atoms with Crippen molar-refractivity contribution in [3.63, 3.8) is 0 Å². The summed E-state index contributed by atoms with van der Waals surface area (Å²) in [5.41, 5.74) is 3.86. The van der Waals surface area contributed by atoms with E-state index in [1.165, 1.54) is 0 Å². The average Bonchev–Trinajstić information content (AvgIpc) is 2.95. The fourth-order valence-corrected chi connectivity index (χ4v) is 4.01. The molecule has 2 aromatic rings. The summed E-state index contributed by atoms with van der Waals surface area (Å²) >= 11 is 0. The molecule has 1 saturated heterocycles. The SMILES string of the molecule is Cc1nn(CC(C)C)c(C)c1CC(=O)N1CCC(C(=O)c2ccccc2)CC1. The Kier molecular flexibility index (Phi) is 6.32. The van der Waals surface area contributed by atoms with E-state index in [9.17, 15) is 9.59 Å². The van der Waals surface area contributed by atoms with Gasteiger partial charge in [-0.2, -0.15) is 5.10 Å². The standard InChI is InChI=1S/C23H31N3O2/c1-16(2)15-26-18(4)21(17(3)24-26)14-22(27)25-12-10-20(11-13-25)23(28)19-8-6-5-7-9-19/h5-9,16,20H,10-15H2,1-4H3. The van der Waals surface area contributed by atoms with Crippen molar-refractivity contribution in [3.8, 4) is 0 Å². The Labute approximate surface area is 167 Å². The minimum atomic E-state index is 0.0173. The van der Waals surface area contributed by atoms with Crippen LogP contribution in [0.4, 0.5) is 0 Å². The smallest absolute Gasteiger partial charge is 0.227 e. The van der Waals surface area contributed by atoms with Gasteiger partial charge in [0.05, 0.1) is 12.1 Å². The van der Waals surface area contributed by atoms with Gasteiger partial charge in [-0.3, -0.25) is 14.3 Å². The summed E-state index contributed by atoms with van der Waals surface area (Å²) in [5.74, 6) is 0.877. The third-order valence-electron chi connectivity index (χ3n) is 5.67. The van der Waals surface area contributed by atoms with Gasteiger partial charge in [-0.15, -0.1) is 0 Å². The van der Waals surface area contributed by atoms with Crippen molar-refractivity contribution < 1.29 is 9.59 Å². The van der Waals surface area contributed by atoms with Crippen LogP contribution in [0.3, 0.4) is 0 Å². The molecule has 2 heterocycles. The number of nitrogens with zero attached hydrogens (tertiary/aromatic N) is 3. The topological polar surface area (TPSA) is 55.2 Å². The van der Waals surface area contributed by atoms with E-state index in [0.717, 1.165) is 41.9 Å². The first-order valence-corrected chi connectivity index (χ1v) is 10.3. The Morgan fingerprint density at radius 1 is 1.11 bits per heavy atom. The van der Waals surface area contributed by atoms with Crippen molar-refractivity contribution in [3.05, 3.63) is 52.8 Å². The summed E-state index contributed by atoms with van der Waals surface area (Å²) in [5, 5.41) is 4.62. The first-order valence-electron chi connectivity index (χ1n) is 10.3. The predicted octanol–water partition coefficient (Wildman–Crippen LogP) is 3.82. The van der Waals surface area contributed by atoms with E-state index in [1.807, 2.05) is 46.8 Å². The van der Waals surface area contributed by atoms with Gasteiger partial charge in [-0.05, 0) is 32.6 Å². The zero-order chi connectivity index (χ0) is 20.3. The minimum Gasteiger partial charge on any atom is -0.342 e. The van der Waals surface area contributed by atoms with E-state index in [-0.39, 0.29) is 17.6 Å². The van der Waals surface area contributed by atoms with Gasteiger partial charge >= 0.3 is 0 Å².